The van der Waals surface area contributed by atoms with Crippen molar-refractivity contribution in [3.63, 3.8) is 0 Å². The van der Waals surface area contributed by atoms with E-state index in [1.807, 2.05) is 11.3 Å². The number of rotatable bonds is 9. The van der Waals surface area contributed by atoms with Crippen LogP contribution in [0.3, 0.4) is 0 Å². The van der Waals surface area contributed by atoms with Crippen molar-refractivity contribution in [2.24, 2.45) is 0 Å². The predicted molar refractivity (Wildman–Crippen MR) is 311 cm³/mol. The number of fused-ring (bicyclic) bond motifs is 7. The van der Waals surface area contributed by atoms with E-state index in [0.717, 1.165) is 17.1 Å². The fourth-order valence-electron chi connectivity index (χ4n) is 13.0. The summed E-state index contributed by atoms with van der Waals surface area (Å²) in [4.78, 5) is 2.54. The van der Waals surface area contributed by atoms with Crippen molar-refractivity contribution in [1.29, 1.82) is 0 Å². The lowest BCUT2D eigenvalue weighted by atomic mass is 9.67. The molecule has 1 fully saturated rings. The van der Waals surface area contributed by atoms with E-state index in [4.69, 9.17) is 0 Å². The molecular weight excluding hydrogens is 899 g/mol. The number of thiophene rings is 1. The Morgan fingerprint density at radius 3 is 1.70 bits per heavy atom. The molecule has 0 saturated heterocycles. The Labute approximate surface area is 432 Å². The number of hydrogen-bond donors (Lipinski definition) is 0. The Kier molecular flexibility index (Phi) is 10.8. The van der Waals surface area contributed by atoms with Crippen LogP contribution in [0.25, 0.3) is 75.5 Å². The number of hydrogen-bond acceptors (Lipinski definition) is 2. The van der Waals surface area contributed by atoms with Crippen molar-refractivity contribution in [3.05, 3.63) is 283 Å². The Balaban J connectivity index is 0.993. The summed E-state index contributed by atoms with van der Waals surface area (Å²) in [6.07, 6.45) is 6.42. The molecule has 1 aromatic heterocycles. The van der Waals surface area contributed by atoms with Crippen molar-refractivity contribution in [3.8, 4) is 44.5 Å². The van der Waals surface area contributed by atoms with E-state index in [9.17, 15) is 0 Å². The van der Waals surface area contributed by atoms with Crippen LogP contribution in [0.4, 0.5) is 17.1 Å². The fraction of sp³-hybridized carbons (Fsp3) is 0.0986. The standard InChI is InChI=1S/C71H53NS/c1-4-21-48(22-5-1)56-33-18-23-50-24-19-35-61(69(50)56)60-31-12-16-38-66(60)72(54-44-41-49(42-45-54)57-34-20-40-68-70(57)62-32-13-17-39-67(62)73-68)65-37-15-11-29-55(65)51-43-46-59-58-30-10-14-36-63(58)71(64(59)47-51,52-25-6-2-7-26-52)53-27-8-3-9-28-53/h2-3,6-20,23-48H,1,4-5,21-22H2. The molecule has 1 nitrogen and oxygen atoms in total. The lowest BCUT2D eigenvalue weighted by Gasteiger charge is -2.34. The molecule has 0 amide bonds. The smallest absolute Gasteiger partial charge is 0.0713 e. The monoisotopic (exact) mass is 951 g/mol. The van der Waals surface area contributed by atoms with Gasteiger partial charge in [0.1, 0.15) is 0 Å². The SMILES string of the molecule is c1ccc(C2(c3ccccc3)c3ccccc3-c3ccc(-c4ccccc4N(c4ccc(-c5cccc6sc7ccccc7c56)cc4)c4ccccc4-c4cccc5cccc(C6CCCCC6)c45)cc32)cc1. The van der Waals surface area contributed by atoms with Gasteiger partial charge in [-0.05, 0) is 133 Å². The maximum Gasteiger partial charge on any atom is 0.0713 e. The first-order valence-electron chi connectivity index (χ1n) is 26.1. The molecule has 0 aliphatic heterocycles. The molecule has 1 heterocycles. The molecule has 14 rings (SSSR count). The second kappa shape index (κ2) is 18.1. The van der Waals surface area contributed by atoms with Gasteiger partial charge >= 0.3 is 0 Å². The Bertz CT molecular complexity index is 3960. The second-order valence-electron chi connectivity index (χ2n) is 20.1. The van der Waals surface area contributed by atoms with E-state index in [1.54, 1.807) is 0 Å². The molecule has 0 atom stereocenters. The predicted octanol–water partition coefficient (Wildman–Crippen LogP) is 20.1. The van der Waals surface area contributed by atoms with Crippen LogP contribution >= 0.6 is 11.3 Å². The van der Waals surface area contributed by atoms with E-state index >= 15 is 0 Å². The molecular formula is C71H53NS. The summed E-state index contributed by atoms with van der Waals surface area (Å²) in [6, 6.07) is 95.8. The van der Waals surface area contributed by atoms with Gasteiger partial charge in [0.25, 0.3) is 0 Å². The van der Waals surface area contributed by atoms with Gasteiger partial charge < -0.3 is 4.90 Å². The fourth-order valence-corrected chi connectivity index (χ4v) is 14.1. The normalized spacial score (nSPS) is 14.1. The van der Waals surface area contributed by atoms with Gasteiger partial charge in [-0.15, -0.1) is 11.3 Å². The molecule has 0 radical (unpaired) electrons. The van der Waals surface area contributed by atoms with Crippen LogP contribution in [-0.4, -0.2) is 0 Å². The maximum atomic E-state index is 2.54. The number of para-hydroxylation sites is 2. The van der Waals surface area contributed by atoms with Crippen LogP contribution < -0.4 is 4.90 Å². The first kappa shape index (κ1) is 43.5. The van der Waals surface area contributed by atoms with E-state index in [-0.39, 0.29) is 0 Å². The van der Waals surface area contributed by atoms with Crippen LogP contribution in [0.5, 0.6) is 0 Å². The van der Waals surface area contributed by atoms with Crippen LogP contribution in [0.1, 0.15) is 65.8 Å². The van der Waals surface area contributed by atoms with E-state index < -0.39 is 5.41 Å². The second-order valence-corrected chi connectivity index (χ2v) is 21.2. The van der Waals surface area contributed by atoms with Crippen molar-refractivity contribution in [2.75, 3.05) is 4.90 Å². The first-order chi connectivity index (χ1) is 36.2. The van der Waals surface area contributed by atoms with E-state index in [0.29, 0.717) is 5.92 Å². The van der Waals surface area contributed by atoms with Crippen LogP contribution in [0.15, 0.2) is 255 Å². The van der Waals surface area contributed by atoms with Crippen molar-refractivity contribution in [1.82, 2.24) is 0 Å². The summed E-state index contributed by atoms with van der Waals surface area (Å²) in [5.41, 5.74) is 19.4. The Morgan fingerprint density at radius 2 is 0.932 bits per heavy atom. The molecule has 0 N–H and O–H groups in total. The molecule has 0 bridgehead atoms. The summed E-state index contributed by atoms with van der Waals surface area (Å²) in [5.74, 6) is 0.560. The largest absolute Gasteiger partial charge is 0.309 e. The molecule has 11 aromatic carbocycles. The number of benzene rings is 11. The Hall–Kier alpha value is -8.30. The molecule has 2 aliphatic rings. The highest BCUT2D eigenvalue weighted by molar-refractivity contribution is 7.25. The van der Waals surface area contributed by atoms with E-state index in [1.165, 1.54) is 135 Å². The summed E-state index contributed by atoms with van der Waals surface area (Å²) in [6.45, 7) is 0. The summed E-state index contributed by atoms with van der Waals surface area (Å²) in [7, 11) is 0. The van der Waals surface area contributed by atoms with Crippen LogP contribution in [0, 0.1) is 0 Å². The van der Waals surface area contributed by atoms with Crippen LogP contribution in [0.2, 0.25) is 0 Å². The van der Waals surface area contributed by atoms with Gasteiger partial charge in [-0.25, -0.2) is 0 Å². The van der Waals surface area contributed by atoms with Gasteiger partial charge in [-0.1, -0.05) is 232 Å². The van der Waals surface area contributed by atoms with Crippen molar-refractivity contribution >= 4 is 59.3 Å². The highest BCUT2D eigenvalue weighted by atomic mass is 32.1. The molecule has 2 heteroatoms. The average Bonchev–Trinajstić information content (AvgIpc) is 4.00. The molecule has 12 aromatic rings. The van der Waals surface area contributed by atoms with Gasteiger partial charge in [-0.3, -0.25) is 0 Å². The van der Waals surface area contributed by atoms with Gasteiger partial charge in [0, 0.05) is 37.0 Å². The summed E-state index contributed by atoms with van der Waals surface area (Å²) < 4.78 is 2.64. The topological polar surface area (TPSA) is 3.24 Å². The quantitative estimate of drug-likeness (QED) is 0.139. The minimum Gasteiger partial charge on any atom is -0.309 e. The molecule has 348 valence electrons. The highest BCUT2D eigenvalue weighted by Gasteiger charge is 2.46. The lowest BCUT2D eigenvalue weighted by molar-refractivity contribution is 0.445. The highest BCUT2D eigenvalue weighted by Crippen LogP contribution is 2.57. The summed E-state index contributed by atoms with van der Waals surface area (Å²) in [5, 5.41) is 5.34. The third-order valence-corrected chi connectivity index (χ3v) is 17.3. The molecule has 73 heavy (non-hydrogen) atoms. The molecule has 1 saturated carbocycles. The zero-order valence-corrected chi connectivity index (χ0v) is 41.5. The average molecular weight is 952 g/mol. The van der Waals surface area contributed by atoms with Gasteiger partial charge in [0.15, 0.2) is 0 Å². The Morgan fingerprint density at radius 1 is 0.370 bits per heavy atom. The van der Waals surface area contributed by atoms with E-state index in [2.05, 4.69) is 260 Å². The number of anilines is 3. The molecule has 2 aliphatic carbocycles. The first-order valence-corrected chi connectivity index (χ1v) is 26.9. The van der Waals surface area contributed by atoms with Crippen molar-refractivity contribution in [2.45, 2.75) is 43.4 Å². The van der Waals surface area contributed by atoms with Gasteiger partial charge in [0.05, 0.1) is 16.8 Å². The summed E-state index contributed by atoms with van der Waals surface area (Å²) >= 11 is 1.88. The third kappa shape index (κ3) is 7.11. The molecule has 0 spiro atoms. The van der Waals surface area contributed by atoms with Crippen LogP contribution in [-0.2, 0) is 5.41 Å². The minimum absolute atomic E-state index is 0.511. The van der Waals surface area contributed by atoms with Gasteiger partial charge in [-0.2, -0.15) is 0 Å². The minimum atomic E-state index is -0.511. The van der Waals surface area contributed by atoms with Crippen molar-refractivity contribution < 1.29 is 0 Å². The maximum absolute atomic E-state index is 2.54. The third-order valence-electron chi connectivity index (χ3n) is 16.2. The zero-order valence-electron chi connectivity index (χ0n) is 40.7. The molecule has 0 unspecified atom stereocenters. The lowest BCUT2D eigenvalue weighted by Crippen LogP contribution is -2.28. The zero-order chi connectivity index (χ0) is 48.3. The van der Waals surface area contributed by atoms with Gasteiger partial charge in [0.2, 0.25) is 0 Å². The number of nitrogens with zero attached hydrogens (tertiary/aromatic N) is 1.